The van der Waals surface area contributed by atoms with E-state index in [2.05, 4.69) is 27.3 Å². The van der Waals surface area contributed by atoms with Crippen LogP contribution in [0.2, 0.25) is 0 Å². The highest BCUT2D eigenvalue weighted by Crippen LogP contribution is 2.17. The van der Waals surface area contributed by atoms with E-state index in [0.29, 0.717) is 12.5 Å². The fraction of sp³-hybridized carbons (Fsp3) is 0.600. The number of guanidine groups is 1. The number of likely N-dealkylation sites (tertiary alicyclic amines) is 1. The number of carbonyl (C=O) groups excluding carboxylic acids is 1. The third kappa shape index (κ3) is 7.04. The molecule has 0 aliphatic carbocycles. The van der Waals surface area contributed by atoms with Gasteiger partial charge in [-0.15, -0.1) is 0 Å². The van der Waals surface area contributed by atoms with Gasteiger partial charge in [0.2, 0.25) is 0 Å². The van der Waals surface area contributed by atoms with Crippen molar-refractivity contribution in [3.8, 4) is 0 Å². The lowest BCUT2D eigenvalue weighted by molar-refractivity contribution is -0.153. The SMILES string of the molecule is CN=C(NCC(=O)OC(C)(C)C)N1CCC(COCc2ccccc2)C1. The minimum atomic E-state index is -0.475. The van der Waals surface area contributed by atoms with E-state index in [9.17, 15) is 4.79 Å². The standard InChI is InChI=1S/C20H31N3O3/c1-20(2,3)26-18(24)12-22-19(21-4)23-11-10-17(13-23)15-25-14-16-8-6-5-7-9-16/h5-9,17H,10-15H2,1-4H3,(H,21,22). The van der Waals surface area contributed by atoms with E-state index in [4.69, 9.17) is 9.47 Å². The average Bonchev–Trinajstić information content (AvgIpc) is 3.03. The molecule has 2 rings (SSSR count). The van der Waals surface area contributed by atoms with Gasteiger partial charge in [0.25, 0.3) is 0 Å². The maximum Gasteiger partial charge on any atom is 0.325 e. The molecular formula is C20H31N3O3. The molecule has 6 nitrogen and oxygen atoms in total. The van der Waals surface area contributed by atoms with E-state index in [1.165, 1.54) is 5.56 Å². The molecule has 0 saturated carbocycles. The molecular weight excluding hydrogens is 330 g/mol. The first kappa shape index (κ1) is 20.2. The summed E-state index contributed by atoms with van der Waals surface area (Å²) < 4.78 is 11.2. The second kappa shape index (κ2) is 9.57. The van der Waals surface area contributed by atoms with Gasteiger partial charge < -0.3 is 19.7 Å². The van der Waals surface area contributed by atoms with E-state index in [-0.39, 0.29) is 12.5 Å². The van der Waals surface area contributed by atoms with Gasteiger partial charge in [-0.3, -0.25) is 9.79 Å². The van der Waals surface area contributed by atoms with Crippen molar-refractivity contribution >= 4 is 11.9 Å². The number of ether oxygens (including phenoxy) is 2. The first-order valence-corrected chi connectivity index (χ1v) is 9.16. The second-order valence-electron chi connectivity index (χ2n) is 7.59. The second-order valence-corrected chi connectivity index (χ2v) is 7.59. The highest BCUT2D eigenvalue weighted by Gasteiger charge is 2.25. The van der Waals surface area contributed by atoms with Crippen molar-refractivity contribution in [1.82, 2.24) is 10.2 Å². The highest BCUT2D eigenvalue weighted by molar-refractivity contribution is 5.84. The fourth-order valence-electron chi connectivity index (χ4n) is 2.94. The molecule has 0 bridgehead atoms. The number of hydrogen-bond donors (Lipinski definition) is 1. The number of carbonyl (C=O) groups is 1. The van der Waals surface area contributed by atoms with E-state index >= 15 is 0 Å². The van der Waals surface area contributed by atoms with Crippen molar-refractivity contribution < 1.29 is 14.3 Å². The minimum Gasteiger partial charge on any atom is -0.459 e. The first-order valence-electron chi connectivity index (χ1n) is 9.16. The molecule has 144 valence electrons. The number of aliphatic imine (C=N–C) groups is 1. The van der Waals surface area contributed by atoms with E-state index < -0.39 is 5.60 Å². The number of rotatable bonds is 6. The lowest BCUT2D eigenvalue weighted by Crippen LogP contribution is -2.43. The summed E-state index contributed by atoms with van der Waals surface area (Å²) in [5.41, 5.74) is 0.717. The topological polar surface area (TPSA) is 63.2 Å². The Morgan fingerprint density at radius 1 is 1.31 bits per heavy atom. The lowest BCUT2D eigenvalue weighted by Gasteiger charge is -2.23. The Labute approximate surface area is 156 Å². The molecule has 1 aliphatic rings. The molecule has 1 N–H and O–H groups in total. The van der Waals surface area contributed by atoms with Crippen LogP contribution >= 0.6 is 0 Å². The number of nitrogens with zero attached hydrogens (tertiary/aromatic N) is 2. The Morgan fingerprint density at radius 2 is 2.04 bits per heavy atom. The molecule has 1 unspecified atom stereocenters. The van der Waals surface area contributed by atoms with Crippen molar-refractivity contribution in [3.63, 3.8) is 0 Å². The van der Waals surface area contributed by atoms with Crippen molar-refractivity contribution in [2.24, 2.45) is 10.9 Å². The van der Waals surface area contributed by atoms with Crippen LogP contribution in [-0.4, -0.2) is 55.7 Å². The third-order valence-electron chi connectivity index (χ3n) is 4.07. The molecule has 1 heterocycles. The van der Waals surface area contributed by atoms with Crippen molar-refractivity contribution in [3.05, 3.63) is 35.9 Å². The molecule has 0 amide bonds. The van der Waals surface area contributed by atoms with Crippen LogP contribution in [-0.2, 0) is 20.9 Å². The summed E-state index contributed by atoms with van der Waals surface area (Å²) in [4.78, 5) is 18.3. The van der Waals surface area contributed by atoms with Gasteiger partial charge in [0.05, 0.1) is 13.2 Å². The van der Waals surface area contributed by atoms with Gasteiger partial charge >= 0.3 is 5.97 Å². The summed E-state index contributed by atoms with van der Waals surface area (Å²) in [5, 5.41) is 3.10. The van der Waals surface area contributed by atoms with Crippen molar-refractivity contribution in [2.45, 2.75) is 39.4 Å². The van der Waals surface area contributed by atoms with Gasteiger partial charge in [-0.25, -0.2) is 0 Å². The molecule has 1 aromatic carbocycles. The Balaban J connectivity index is 1.71. The van der Waals surface area contributed by atoms with Crippen LogP contribution < -0.4 is 5.32 Å². The zero-order valence-corrected chi connectivity index (χ0v) is 16.3. The molecule has 1 aromatic rings. The fourth-order valence-corrected chi connectivity index (χ4v) is 2.94. The van der Waals surface area contributed by atoms with E-state index in [0.717, 1.165) is 32.1 Å². The lowest BCUT2D eigenvalue weighted by atomic mass is 10.1. The summed E-state index contributed by atoms with van der Waals surface area (Å²) in [6, 6.07) is 10.2. The molecule has 0 aromatic heterocycles. The summed E-state index contributed by atoms with van der Waals surface area (Å²) in [5.74, 6) is 0.931. The maximum atomic E-state index is 11.9. The van der Waals surface area contributed by atoms with Gasteiger partial charge in [-0.2, -0.15) is 0 Å². The third-order valence-corrected chi connectivity index (χ3v) is 4.07. The molecule has 26 heavy (non-hydrogen) atoms. The Morgan fingerprint density at radius 3 is 2.69 bits per heavy atom. The molecule has 1 fully saturated rings. The van der Waals surface area contributed by atoms with Crippen molar-refractivity contribution in [1.29, 1.82) is 0 Å². The van der Waals surface area contributed by atoms with Crippen LogP contribution in [0.5, 0.6) is 0 Å². The molecule has 0 radical (unpaired) electrons. The zero-order valence-electron chi connectivity index (χ0n) is 16.3. The van der Waals surface area contributed by atoms with Gasteiger partial charge in [0.15, 0.2) is 5.96 Å². The van der Waals surface area contributed by atoms with Crippen LogP contribution in [0, 0.1) is 5.92 Å². The van der Waals surface area contributed by atoms with E-state index in [1.54, 1.807) is 7.05 Å². The van der Waals surface area contributed by atoms with Crippen LogP contribution in [0.1, 0.15) is 32.8 Å². The molecule has 1 aliphatic heterocycles. The van der Waals surface area contributed by atoms with Crippen molar-refractivity contribution in [2.75, 3.05) is 33.3 Å². The van der Waals surface area contributed by atoms with Gasteiger partial charge in [-0.1, -0.05) is 30.3 Å². The van der Waals surface area contributed by atoms with Crippen LogP contribution in [0.3, 0.4) is 0 Å². The minimum absolute atomic E-state index is 0.121. The van der Waals surface area contributed by atoms with E-state index in [1.807, 2.05) is 39.0 Å². The average molecular weight is 361 g/mol. The summed E-state index contributed by atoms with van der Waals surface area (Å²) in [6.07, 6.45) is 1.06. The highest BCUT2D eigenvalue weighted by atomic mass is 16.6. The largest absolute Gasteiger partial charge is 0.459 e. The van der Waals surface area contributed by atoms with Gasteiger partial charge in [0.1, 0.15) is 12.1 Å². The number of benzene rings is 1. The van der Waals surface area contributed by atoms with Crippen LogP contribution in [0.25, 0.3) is 0 Å². The van der Waals surface area contributed by atoms with Crippen LogP contribution in [0.15, 0.2) is 35.3 Å². The van der Waals surface area contributed by atoms with Crippen LogP contribution in [0.4, 0.5) is 0 Å². The zero-order chi connectivity index (χ0) is 19.0. The number of hydrogen-bond acceptors (Lipinski definition) is 4. The predicted molar refractivity (Wildman–Crippen MR) is 103 cm³/mol. The quantitative estimate of drug-likeness (QED) is 0.479. The summed E-state index contributed by atoms with van der Waals surface area (Å²) in [7, 11) is 1.73. The summed E-state index contributed by atoms with van der Waals surface area (Å²) >= 11 is 0. The monoisotopic (exact) mass is 361 g/mol. The Hall–Kier alpha value is -2.08. The van der Waals surface area contributed by atoms with Gasteiger partial charge in [0, 0.05) is 26.1 Å². The molecule has 0 spiro atoms. The maximum absolute atomic E-state index is 11.9. The Kier molecular flexibility index (Phi) is 7.45. The number of nitrogens with one attached hydrogen (secondary N) is 1. The number of esters is 1. The normalized spacial score (nSPS) is 18.1. The molecule has 1 atom stereocenters. The van der Waals surface area contributed by atoms with Gasteiger partial charge in [-0.05, 0) is 32.8 Å². The first-order chi connectivity index (χ1) is 12.4. The smallest absolute Gasteiger partial charge is 0.325 e. The molecule has 1 saturated heterocycles. The molecule has 6 heteroatoms. The predicted octanol–water partition coefficient (Wildman–Crippen LogP) is 2.44. The Bertz CT molecular complexity index is 596. The summed E-state index contributed by atoms with van der Waals surface area (Å²) in [6.45, 7) is 8.86.